The summed E-state index contributed by atoms with van der Waals surface area (Å²) in [6.45, 7) is 18.9. The second kappa shape index (κ2) is 8.39. The molecule has 2 nitrogen and oxygen atoms in total. The smallest absolute Gasteiger partial charge is 0.0623 e. The van der Waals surface area contributed by atoms with Crippen LogP contribution in [0, 0.1) is 13.8 Å². The number of aryl methyl sites for hydroxylation is 2. The summed E-state index contributed by atoms with van der Waals surface area (Å²) in [5, 5.41) is 3.38. The van der Waals surface area contributed by atoms with Gasteiger partial charge in [0, 0.05) is 12.1 Å². The maximum absolute atomic E-state index is 6.40. The zero-order valence-electron chi connectivity index (χ0n) is 16.0. The zero-order valence-corrected chi connectivity index (χ0v) is 16.0. The Morgan fingerprint density at radius 3 is 2.12 bits per heavy atom. The summed E-state index contributed by atoms with van der Waals surface area (Å²) >= 11 is 0. The monoisotopic (exact) mass is 344 g/mol. The van der Waals surface area contributed by atoms with Crippen LogP contribution >= 0.6 is 0 Å². The van der Waals surface area contributed by atoms with Crippen LogP contribution in [0.2, 0.25) is 0 Å². The molecule has 0 heterocycles. The summed E-state index contributed by atoms with van der Waals surface area (Å²) in [4.78, 5) is 0. The van der Waals surface area contributed by atoms with Gasteiger partial charge in [0.15, 0.2) is 0 Å². The average molecular weight is 345 g/mol. The molecule has 2 rings (SSSR count). The number of nitrogens with two attached hydrogens (primary N) is 1. The van der Waals surface area contributed by atoms with Crippen molar-refractivity contribution in [2.75, 3.05) is 0 Å². The van der Waals surface area contributed by atoms with E-state index in [4.69, 9.17) is 5.73 Å². The number of rotatable bonds is 7. The van der Waals surface area contributed by atoms with E-state index in [9.17, 15) is 0 Å². The first-order valence-electron chi connectivity index (χ1n) is 8.72. The molecule has 0 aliphatic carbocycles. The quantitative estimate of drug-likeness (QED) is 0.651. The molecular formula is C24H28N2. The lowest BCUT2D eigenvalue weighted by atomic mass is 9.94. The fraction of sp³-hybridized carbons (Fsp3) is 0.167. The van der Waals surface area contributed by atoms with Crippen molar-refractivity contribution in [2.45, 2.75) is 27.3 Å². The Bertz CT molecular complexity index is 847. The van der Waals surface area contributed by atoms with Gasteiger partial charge in [0.25, 0.3) is 0 Å². The van der Waals surface area contributed by atoms with Gasteiger partial charge in [-0.05, 0) is 54.7 Å². The molecule has 0 aliphatic heterocycles. The molecule has 0 aromatic heterocycles. The van der Waals surface area contributed by atoms with E-state index in [2.05, 4.69) is 75.3 Å². The standard InChI is InChI=1S/C24H28N2/c1-7-22(26-15-20-11-13-21(14-12-20)16(2)3)24(25)19(6)23-17(4)9-8-10-18(23)5/h7-14,26H,1-2,6,15,25H2,3-5H3/b24-22-. The van der Waals surface area contributed by atoms with Crippen molar-refractivity contribution in [1.82, 2.24) is 5.32 Å². The molecule has 134 valence electrons. The molecular weight excluding hydrogens is 316 g/mol. The average Bonchev–Trinajstić information content (AvgIpc) is 2.62. The van der Waals surface area contributed by atoms with Gasteiger partial charge in [-0.1, -0.05) is 67.8 Å². The number of allylic oxidation sites excluding steroid dienone is 3. The molecule has 0 fully saturated rings. The molecule has 0 saturated carbocycles. The SMILES string of the molecule is C=C/C(NCc1ccc(C(=C)C)cc1)=C(/N)C(=C)c1c(C)cccc1C. The third kappa shape index (κ3) is 4.34. The molecule has 0 aliphatic rings. The Morgan fingerprint density at radius 2 is 1.62 bits per heavy atom. The van der Waals surface area contributed by atoms with Crippen LogP contribution in [-0.4, -0.2) is 0 Å². The van der Waals surface area contributed by atoms with Gasteiger partial charge in [-0.2, -0.15) is 0 Å². The Kier molecular flexibility index (Phi) is 6.24. The highest BCUT2D eigenvalue weighted by molar-refractivity contribution is 5.81. The minimum absolute atomic E-state index is 0.621. The van der Waals surface area contributed by atoms with Crippen LogP contribution in [0.4, 0.5) is 0 Å². The van der Waals surface area contributed by atoms with Crippen molar-refractivity contribution in [3.63, 3.8) is 0 Å². The van der Waals surface area contributed by atoms with Crippen molar-refractivity contribution >= 4 is 11.1 Å². The summed E-state index contributed by atoms with van der Waals surface area (Å²) in [6.07, 6.45) is 1.75. The zero-order chi connectivity index (χ0) is 19.3. The van der Waals surface area contributed by atoms with Gasteiger partial charge in [-0.15, -0.1) is 0 Å². The van der Waals surface area contributed by atoms with E-state index < -0.39 is 0 Å². The number of benzene rings is 2. The fourth-order valence-electron chi connectivity index (χ4n) is 2.97. The summed E-state index contributed by atoms with van der Waals surface area (Å²) in [7, 11) is 0. The van der Waals surface area contributed by atoms with E-state index in [1.807, 2.05) is 13.0 Å². The van der Waals surface area contributed by atoms with Crippen LogP contribution in [0.1, 0.15) is 34.7 Å². The largest absolute Gasteiger partial charge is 0.397 e. The lowest BCUT2D eigenvalue weighted by molar-refractivity contribution is 0.824. The van der Waals surface area contributed by atoms with E-state index in [1.165, 1.54) is 5.56 Å². The highest BCUT2D eigenvalue weighted by Gasteiger charge is 2.11. The molecule has 0 unspecified atom stereocenters. The molecule has 3 N–H and O–H groups in total. The van der Waals surface area contributed by atoms with E-state index in [1.54, 1.807) is 6.08 Å². The van der Waals surface area contributed by atoms with E-state index in [0.29, 0.717) is 12.2 Å². The molecule has 2 aromatic carbocycles. The molecule has 0 saturated heterocycles. The first-order chi connectivity index (χ1) is 12.3. The van der Waals surface area contributed by atoms with Gasteiger partial charge in [-0.25, -0.2) is 0 Å². The Labute approximate surface area is 157 Å². The molecule has 0 spiro atoms. The maximum atomic E-state index is 6.40. The fourth-order valence-corrected chi connectivity index (χ4v) is 2.97. The third-order valence-electron chi connectivity index (χ3n) is 4.53. The highest BCUT2D eigenvalue weighted by Crippen LogP contribution is 2.26. The first-order valence-corrected chi connectivity index (χ1v) is 8.72. The first kappa shape index (κ1) is 19.3. The summed E-state index contributed by atoms with van der Waals surface area (Å²) in [5.74, 6) is 0. The third-order valence-corrected chi connectivity index (χ3v) is 4.53. The van der Waals surface area contributed by atoms with Crippen LogP contribution in [0.15, 0.2) is 79.7 Å². The van der Waals surface area contributed by atoms with Gasteiger partial charge in [0.05, 0.1) is 11.4 Å². The Balaban J connectivity index is 2.21. The van der Waals surface area contributed by atoms with Crippen molar-refractivity contribution in [2.24, 2.45) is 5.73 Å². The second-order valence-corrected chi connectivity index (χ2v) is 6.61. The van der Waals surface area contributed by atoms with Crippen LogP contribution in [0.5, 0.6) is 0 Å². The van der Waals surface area contributed by atoms with Crippen LogP contribution < -0.4 is 11.1 Å². The molecule has 2 heteroatoms. The van der Waals surface area contributed by atoms with Gasteiger partial charge >= 0.3 is 0 Å². The predicted octanol–water partition coefficient (Wildman–Crippen LogP) is 5.50. The minimum Gasteiger partial charge on any atom is -0.397 e. The van der Waals surface area contributed by atoms with Gasteiger partial charge in [0.2, 0.25) is 0 Å². The number of hydrogen-bond donors (Lipinski definition) is 2. The van der Waals surface area contributed by atoms with Crippen molar-refractivity contribution in [1.29, 1.82) is 0 Å². The Hall–Kier alpha value is -3.00. The van der Waals surface area contributed by atoms with E-state index in [0.717, 1.165) is 39.1 Å². The van der Waals surface area contributed by atoms with Crippen molar-refractivity contribution in [3.05, 3.63) is 107 Å². The van der Waals surface area contributed by atoms with E-state index >= 15 is 0 Å². The molecule has 0 atom stereocenters. The molecule has 0 bridgehead atoms. The topological polar surface area (TPSA) is 38.0 Å². The van der Waals surface area contributed by atoms with Gasteiger partial charge < -0.3 is 11.1 Å². The maximum Gasteiger partial charge on any atom is 0.0623 e. The lowest BCUT2D eigenvalue weighted by Crippen LogP contribution is -2.18. The van der Waals surface area contributed by atoms with Crippen LogP contribution in [0.25, 0.3) is 11.1 Å². The molecule has 2 aromatic rings. The number of nitrogens with one attached hydrogen (secondary N) is 1. The summed E-state index contributed by atoms with van der Waals surface area (Å²) in [5.41, 5.74) is 15.4. The normalized spacial score (nSPS) is 11.5. The minimum atomic E-state index is 0.621. The van der Waals surface area contributed by atoms with Gasteiger partial charge in [0.1, 0.15) is 0 Å². The molecule has 26 heavy (non-hydrogen) atoms. The van der Waals surface area contributed by atoms with Crippen LogP contribution in [0.3, 0.4) is 0 Å². The second-order valence-electron chi connectivity index (χ2n) is 6.61. The molecule has 0 amide bonds. The van der Waals surface area contributed by atoms with Gasteiger partial charge in [-0.3, -0.25) is 0 Å². The highest BCUT2D eigenvalue weighted by atomic mass is 14.9. The van der Waals surface area contributed by atoms with Crippen LogP contribution in [-0.2, 0) is 6.54 Å². The summed E-state index contributed by atoms with van der Waals surface area (Å²) < 4.78 is 0. The van der Waals surface area contributed by atoms with Crippen molar-refractivity contribution in [3.8, 4) is 0 Å². The predicted molar refractivity (Wildman–Crippen MR) is 114 cm³/mol. The summed E-state index contributed by atoms with van der Waals surface area (Å²) in [6, 6.07) is 14.5. The number of hydrogen-bond acceptors (Lipinski definition) is 2. The Morgan fingerprint density at radius 1 is 1.04 bits per heavy atom. The molecule has 0 radical (unpaired) electrons. The lowest BCUT2D eigenvalue weighted by Gasteiger charge is -2.17. The van der Waals surface area contributed by atoms with E-state index in [-0.39, 0.29) is 0 Å². The van der Waals surface area contributed by atoms with Crippen molar-refractivity contribution < 1.29 is 0 Å².